The molecule has 0 saturated carbocycles. The number of nitrogen functional groups attached to an aromatic ring is 1. The largest absolute Gasteiger partial charge is 0.382 e. The van der Waals surface area contributed by atoms with Gasteiger partial charge in [-0.25, -0.2) is 4.98 Å². The van der Waals surface area contributed by atoms with E-state index in [2.05, 4.69) is 29.0 Å². The van der Waals surface area contributed by atoms with Crippen molar-refractivity contribution in [2.45, 2.75) is 13.8 Å². The molecule has 0 unspecified atom stereocenters. The van der Waals surface area contributed by atoms with E-state index >= 15 is 0 Å². The molecule has 96 valence electrons. The molecule has 0 saturated heterocycles. The molecule has 0 bridgehead atoms. The third-order valence-corrected chi connectivity index (χ3v) is 3.16. The number of rotatable bonds is 6. The van der Waals surface area contributed by atoms with Crippen molar-refractivity contribution >= 4 is 34.8 Å². The van der Waals surface area contributed by atoms with E-state index in [-0.39, 0.29) is 0 Å². The summed E-state index contributed by atoms with van der Waals surface area (Å²) in [6.45, 7) is 8.04. The van der Waals surface area contributed by atoms with Crippen LogP contribution in [0.25, 0.3) is 0 Å². The van der Waals surface area contributed by atoms with Gasteiger partial charge in [0.25, 0.3) is 0 Å². The van der Waals surface area contributed by atoms with Gasteiger partial charge in [-0.1, -0.05) is 37.0 Å². The molecule has 1 heterocycles. The zero-order valence-corrected chi connectivity index (χ0v) is 11.6. The van der Waals surface area contributed by atoms with E-state index in [4.69, 9.17) is 28.9 Å². The van der Waals surface area contributed by atoms with Gasteiger partial charge in [-0.3, -0.25) is 0 Å². The van der Waals surface area contributed by atoms with E-state index < -0.39 is 0 Å². The zero-order valence-electron chi connectivity index (χ0n) is 10.1. The maximum atomic E-state index is 6.01. The quantitative estimate of drug-likeness (QED) is 0.839. The number of hydrogen-bond acceptors (Lipinski definition) is 4. The van der Waals surface area contributed by atoms with Crippen LogP contribution in [0.2, 0.25) is 10.0 Å². The van der Waals surface area contributed by atoms with Crippen molar-refractivity contribution in [2.24, 2.45) is 0 Å². The van der Waals surface area contributed by atoms with Crippen molar-refractivity contribution in [1.82, 2.24) is 9.88 Å². The summed E-state index contributed by atoms with van der Waals surface area (Å²) in [5, 5.41) is 4.03. The molecular weight excluding hydrogens is 259 g/mol. The molecule has 1 aromatic heterocycles. The predicted octanol–water partition coefficient (Wildman–Crippen LogP) is 2.72. The lowest BCUT2D eigenvalue weighted by atomic mass is 10.4. The first-order valence-corrected chi connectivity index (χ1v) is 6.41. The van der Waals surface area contributed by atoms with E-state index in [0.717, 1.165) is 26.2 Å². The van der Waals surface area contributed by atoms with Crippen LogP contribution in [0.5, 0.6) is 0 Å². The molecule has 3 N–H and O–H groups in total. The third-order valence-electron chi connectivity index (χ3n) is 2.57. The van der Waals surface area contributed by atoms with Crippen LogP contribution >= 0.6 is 23.2 Å². The van der Waals surface area contributed by atoms with Crippen LogP contribution in [0.1, 0.15) is 13.8 Å². The first-order chi connectivity index (χ1) is 8.08. The van der Waals surface area contributed by atoms with Gasteiger partial charge in [-0.2, -0.15) is 0 Å². The topological polar surface area (TPSA) is 54.2 Å². The monoisotopic (exact) mass is 276 g/mol. The summed E-state index contributed by atoms with van der Waals surface area (Å²) < 4.78 is 0. The normalized spacial score (nSPS) is 10.9. The molecule has 0 aliphatic heterocycles. The van der Waals surface area contributed by atoms with Gasteiger partial charge in [0.15, 0.2) is 0 Å². The van der Waals surface area contributed by atoms with Gasteiger partial charge in [-0.05, 0) is 19.2 Å². The number of anilines is 2. The lowest BCUT2D eigenvalue weighted by Gasteiger charge is -2.18. The molecule has 17 heavy (non-hydrogen) atoms. The Morgan fingerprint density at radius 3 is 2.53 bits per heavy atom. The summed E-state index contributed by atoms with van der Waals surface area (Å²) >= 11 is 11.8. The summed E-state index contributed by atoms with van der Waals surface area (Å²) in [6.07, 6.45) is 0. The van der Waals surface area contributed by atoms with Crippen LogP contribution in [0, 0.1) is 0 Å². The molecule has 0 radical (unpaired) electrons. The molecule has 0 aliphatic rings. The lowest BCUT2D eigenvalue weighted by molar-refractivity contribution is 0.316. The van der Waals surface area contributed by atoms with Crippen molar-refractivity contribution in [1.29, 1.82) is 0 Å². The van der Waals surface area contributed by atoms with E-state index in [1.54, 1.807) is 6.07 Å². The van der Waals surface area contributed by atoms with Crippen LogP contribution in [-0.4, -0.2) is 36.1 Å². The molecule has 6 heteroatoms. The zero-order chi connectivity index (χ0) is 12.8. The van der Waals surface area contributed by atoms with Crippen molar-refractivity contribution in [2.75, 3.05) is 37.2 Å². The Labute approximate surface area is 112 Å². The Balaban J connectivity index is 2.55. The molecule has 0 atom stereocenters. The van der Waals surface area contributed by atoms with Crippen LogP contribution in [0.15, 0.2) is 6.07 Å². The standard InChI is InChI=1S/C11H18Cl2N4/c1-3-17(4-2)6-5-15-11-9(13)7-8(12)10(14)16-11/h7H,3-6H2,1-2H3,(H3,14,15,16). The number of nitrogens with one attached hydrogen (secondary N) is 1. The average Bonchev–Trinajstić information content (AvgIpc) is 2.31. The number of halogens is 2. The second-order valence-electron chi connectivity index (χ2n) is 3.64. The molecule has 1 aromatic rings. The maximum absolute atomic E-state index is 6.01. The minimum absolute atomic E-state index is 0.293. The smallest absolute Gasteiger partial charge is 0.147 e. The first kappa shape index (κ1) is 14.4. The Morgan fingerprint density at radius 1 is 1.29 bits per heavy atom. The average molecular weight is 277 g/mol. The number of hydrogen-bond donors (Lipinski definition) is 2. The third kappa shape index (κ3) is 4.22. The summed E-state index contributed by atoms with van der Waals surface area (Å²) in [5.41, 5.74) is 5.62. The number of likely N-dealkylation sites (N-methyl/N-ethyl adjacent to an activating group) is 1. The van der Waals surface area contributed by atoms with Gasteiger partial charge >= 0.3 is 0 Å². The Hall–Kier alpha value is -0.710. The molecule has 1 rings (SSSR count). The second-order valence-corrected chi connectivity index (χ2v) is 4.45. The van der Waals surface area contributed by atoms with Gasteiger partial charge in [-0.15, -0.1) is 0 Å². The number of nitrogens with two attached hydrogens (primary N) is 1. The van der Waals surface area contributed by atoms with Crippen LogP contribution in [-0.2, 0) is 0 Å². The van der Waals surface area contributed by atoms with Crippen molar-refractivity contribution < 1.29 is 0 Å². The molecule has 0 amide bonds. The van der Waals surface area contributed by atoms with Crippen LogP contribution in [0.3, 0.4) is 0 Å². The predicted molar refractivity (Wildman–Crippen MR) is 74.9 cm³/mol. The molecule has 0 fully saturated rings. The highest BCUT2D eigenvalue weighted by atomic mass is 35.5. The number of aromatic nitrogens is 1. The SMILES string of the molecule is CCN(CC)CCNc1nc(N)c(Cl)cc1Cl. The summed E-state index contributed by atoms with van der Waals surface area (Å²) in [7, 11) is 0. The van der Waals surface area contributed by atoms with E-state index in [1.807, 2.05) is 0 Å². The highest BCUT2D eigenvalue weighted by molar-refractivity contribution is 6.37. The summed E-state index contributed by atoms with van der Waals surface area (Å²) in [6, 6.07) is 1.60. The molecule has 0 aliphatic carbocycles. The van der Waals surface area contributed by atoms with Crippen molar-refractivity contribution in [3.8, 4) is 0 Å². The van der Waals surface area contributed by atoms with E-state index in [0.29, 0.717) is 21.7 Å². The first-order valence-electron chi connectivity index (χ1n) is 5.66. The van der Waals surface area contributed by atoms with E-state index in [1.165, 1.54) is 0 Å². The van der Waals surface area contributed by atoms with Crippen molar-refractivity contribution in [3.05, 3.63) is 16.1 Å². The Bertz CT molecular complexity index is 367. The lowest BCUT2D eigenvalue weighted by Crippen LogP contribution is -2.28. The summed E-state index contributed by atoms with van der Waals surface area (Å²) in [4.78, 5) is 6.41. The highest BCUT2D eigenvalue weighted by Crippen LogP contribution is 2.27. The van der Waals surface area contributed by atoms with Gasteiger partial charge in [0.2, 0.25) is 0 Å². The van der Waals surface area contributed by atoms with Crippen LogP contribution in [0.4, 0.5) is 11.6 Å². The highest BCUT2D eigenvalue weighted by Gasteiger charge is 2.07. The Morgan fingerprint density at radius 2 is 1.94 bits per heavy atom. The van der Waals surface area contributed by atoms with Gasteiger partial charge in [0, 0.05) is 13.1 Å². The molecular formula is C11H18Cl2N4. The fourth-order valence-electron chi connectivity index (χ4n) is 1.48. The maximum Gasteiger partial charge on any atom is 0.147 e. The van der Waals surface area contributed by atoms with Gasteiger partial charge < -0.3 is 16.0 Å². The number of pyridine rings is 1. The summed E-state index contributed by atoms with van der Waals surface area (Å²) in [5.74, 6) is 0.877. The molecule has 0 aromatic carbocycles. The molecule has 4 nitrogen and oxygen atoms in total. The van der Waals surface area contributed by atoms with E-state index in [9.17, 15) is 0 Å². The molecule has 0 spiro atoms. The second kappa shape index (κ2) is 6.89. The minimum atomic E-state index is 0.293. The fourth-order valence-corrected chi connectivity index (χ4v) is 1.90. The van der Waals surface area contributed by atoms with Gasteiger partial charge in [0.05, 0.1) is 10.0 Å². The number of nitrogens with zero attached hydrogens (tertiary/aromatic N) is 2. The van der Waals surface area contributed by atoms with Gasteiger partial charge in [0.1, 0.15) is 11.6 Å². The fraction of sp³-hybridized carbons (Fsp3) is 0.545. The van der Waals surface area contributed by atoms with Crippen LogP contribution < -0.4 is 11.1 Å². The minimum Gasteiger partial charge on any atom is -0.382 e. The van der Waals surface area contributed by atoms with Crippen molar-refractivity contribution in [3.63, 3.8) is 0 Å². The Kier molecular flexibility index (Phi) is 5.82.